The normalized spacial score (nSPS) is 19.8. The molecule has 0 saturated carbocycles. The van der Waals surface area contributed by atoms with Gasteiger partial charge in [0, 0.05) is 29.5 Å². The fourth-order valence-corrected chi connectivity index (χ4v) is 2.30. The first-order chi connectivity index (χ1) is 8.58. The second-order valence-electron chi connectivity index (χ2n) is 4.72. The molecule has 1 N–H and O–H groups in total. The zero-order valence-electron chi connectivity index (χ0n) is 10.8. The Kier molecular flexibility index (Phi) is 3.91. The molecular formula is C13H18N2O3. The number of aryl methyl sites for hydroxylation is 2. The Morgan fingerprint density at radius 1 is 1.39 bits per heavy atom. The van der Waals surface area contributed by atoms with Gasteiger partial charge >= 0.3 is 5.97 Å². The third kappa shape index (κ3) is 2.85. The fourth-order valence-electron chi connectivity index (χ4n) is 2.30. The average molecular weight is 250 g/mol. The van der Waals surface area contributed by atoms with Crippen LogP contribution in [0.2, 0.25) is 0 Å². The summed E-state index contributed by atoms with van der Waals surface area (Å²) in [5.41, 5.74) is 2.26. The van der Waals surface area contributed by atoms with Crippen molar-refractivity contribution in [2.45, 2.75) is 39.0 Å². The number of hydrogen-bond donors (Lipinski definition) is 1. The van der Waals surface area contributed by atoms with Crippen LogP contribution in [0.1, 0.15) is 41.5 Å². The molecule has 0 amide bonds. The Morgan fingerprint density at radius 3 is 2.56 bits per heavy atom. The van der Waals surface area contributed by atoms with Gasteiger partial charge in [0.25, 0.3) is 0 Å². The zero-order valence-corrected chi connectivity index (χ0v) is 10.8. The SMILES string of the molecule is Cc1nc(C2CCCOC2)nc(C)c1CC(=O)O. The second-order valence-corrected chi connectivity index (χ2v) is 4.72. The summed E-state index contributed by atoms with van der Waals surface area (Å²) in [7, 11) is 0. The first-order valence-electron chi connectivity index (χ1n) is 6.21. The Morgan fingerprint density at radius 2 is 2.06 bits per heavy atom. The van der Waals surface area contributed by atoms with E-state index in [0.29, 0.717) is 6.61 Å². The molecule has 18 heavy (non-hydrogen) atoms. The van der Waals surface area contributed by atoms with E-state index in [1.54, 1.807) is 0 Å². The van der Waals surface area contributed by atoms with Crippen LogP contribution in [0.3, 0.4) is 0 Å². The number of nitrogens with zero attached hydrogens (tertiary/aromatic N) is 2. The van der Waals surface area contributed by atoms with Gasteiger partial charge in [0.15, 0.2) is 0 Å². The van der Waals surface area contributed by atoms with Crippen molar-refractivity contribution in [1.29, 1.82) is 0 Å². The fraction of sp³-hybridized carbons (Fsp3) is 0.615. The maximum atomic E-state index is 10.8. The van der Waals surface area contributed by atoms with E-state index in [2.05, 4.69) is 9.97 Å². The first-order valence-corrected chi connectivity index (χ1v) is 6.21. The topological polar surface area (TPSA) is 72.3 Å². The minimum atomic E-state index is -0.849. The highest BCUT2D eigenvalue weighted by atomic mass is 16.5. The Balaban J connectivity index is 2.26. The van der Waals surface area contributed by atoms with Gasteiger partial charge in [-0.15, -0.1) is 0 Å². The van der Waals surface area contributed by atoms with E-state index < -0.39 is 5.97 Å². The third-order valence-electron chi connectivity index (χ3n) is 3.29. The summed E-state index contributed by atoms with van der Waals surface area (Å²) in [5.74, 6) is 0.187. The van der Waals surface area contributed by atoms with Crippen LogP contribution in [0.4, 0.5) is 0 Å². The van der Waals surface area contributed by atoms with Gasteiger partial charge < -0.3 is 9.84 Å². The van der Waals surface area contributed by atoms with Gasteiger partial charge in [0.05, 0.1) is 13.0 Å². The van der Waals surface area contributed by atoms with Gasteiger partial charge in [-0.1, -0.05) is 0 Å². The van der Waals surface area contributed by atoms with Crippen molar-refractivity contribution in [3.8, 4) is 0 Å². The lowest BCUT2D eigenvalue weighted by molar-refractivity contribution is -0.136. The van der Waals surface area contributed by atoms with Gasteiger partial charge in [0.2, 0.25) is 0 Å². The van der Waals surface area contributed by atoms with E-state index in [-0.39, 0.29) is 12.3 Å². The second kappa shape index (κ2) is 5.44. The van der Waals surface area contributed by atoms with E-state index in [1.165, 1.54) is 0 Å². The van der Waals surface area contributed by atoms with Crippen LogP contribution in [-0.4, -0.2) is 34.3 Å². The smallest absolute Gasteiger partial charge is 0.307 e. The summed E-state index contributed by atoms with van der Waals surface area (Å²) in [6, 6.07) is 0. The van der Waals surface area contributed by atoms with Crippen molar-refractivity contribution in [3.63, 3.8) is 0 Å². The summed E-state index contributed by atoms with van der Waals surface area (Å²) in [5, 5.41) is 8.86. The van der Waals surface area contributed by atoms with Crippen molar-refractivity contribution in [3.05, 3.63) is 22.8 Å². The number of ether oxygens (including phenoxy) is 1. The summed E-state index contributed by atoms with van der Waals surface area (Å²) in [6.45, 7) is 5.17. The van der Waals surface area contributed by atoms with Gasteiger partial charge in [-0.25, -0.2) is 9.97 Å². The maximum Gasteiger partial charge on any atom is 0.307 e. The number of carboxylic acids is 1. The molecule has 0 radical (unpaired) electrons. The molecule has 2 heterocycles. The molecule has 2 rings (SSSR count). The molecule has 1 unspecified atom stereocenters. The molecule has 1 aromatic rings. The molecule has 5 nitrogen and oxygen atoms in total. The van der Waals surface area contributed by atoms with Crippen LogP contribution in [0.25, 0.3) is 0 Å². The van der Waals surface area contributed by atoms with E-state index in [0.717, 1.165) is 42.2 Å². The highest BCUT2D eigenvalue weighted by Crippen LogP contribution is 2.24. The first kappa shape index (κ1) is 13.0. The summed E-state index contributed by atoms with van der Waals surface area (Å²) < 4.78 is 5.44. The molecule has 1 atom stereocenters. The van der Waals surface area contributed by atoms with Crippen molar-refractivity contribution < 1.29 is 14.6 Å². The predicted octanol–water partition coefficient (Wildman–Crippen LogP) is 1.61. The quantitative estimate of drug-likeness (QED) is 0.882. The summed E-state index contributed by atoms with van der Waals surface area (Å²) in [4.78, 5) is 19.7. The Hall–Kier alpha value is -1.49. The largest absolute Gasteiger partial charge is 0.481 e. The van der Waals surface area contributed by atoms with Gasteiger partial charge in [-0.3, -0.25) is 4.79 Å². The predicted molar refractivity (Wildman–Crippen MR) is 65.6 cm³/mol. The van der Waals surface area contributed by atoms with Crippen LogP contribution in [0.15, 0.2) is 0 Å². The van der Waals surface area contributed by atoms with Gasteiger partial charge in [0.1, 0.15) is 5.82 Å². The summed E-state index contributed by atoms with van der Waals surface area (Å²) in [6.07, 6.45) is 2.05. The number of carboxylic acid groups (broad SMARTS) is 1. The maximum absolute atomic E-state index is 10.8. The molecule has 0 aliphatic carbocycles. The molecule has 5 heteroatoms. The van der Waals surface area contributed by atoms with E-state index in [1.807, 2.05) is 13.8 Å². The molecular weight excluding hydrogens is 232 g/mol. The van der Waals surface area contributed by atoms with Crippen molar-refractivity contribution in [2.24, 2.45) is 0 Å². The van der Waals surface area contributed by atoms with E-state index in [9.17, 15) is 4.79 Å². The molecule has 0 bridgehead atoms. The molecule has 98 valence electrons. The van der Waals surface area contributed by atoms with Crippen LogP contribution in [0.5, 0.6) is 0 Å². The lowest BCUT2D eigenvalue weighted by Gasteiger charge is -2.22. The molecule has 0 aromatic carbocycles. The molecule has 1 aliphatic heterocycles. The zero-order chi connectivity index (χ0) is 13.1. The molecule has 1 aromatic heterocycles. The third-order valence-corrected chi connectivity index (χ3v) is 3.29. The van der Waals surface area contributed by atoms with Gasteiger partial charge in [-0.05, 0) is 26.7 Å². The van der Waals surface area contributed by atoms with Crippen molar-refractivity contribution in [2.75, 3.05) is 13.2 Å². The number of aliphatic carboxylic acids is 1. The molecule has 1 saturated heterocycles. The van der Waals surface area contributed by atoms with Crippen LogP contribution in [-0.2, 0) is 16.0 Å². The summed E-state index contributed by atoms with van der Waals surface area (Å²) >= 11 is 0. The van der Waals surface area contributed by atoms with E-state index >= 15 is 0 Å². The van der Waals surface area contributed by atoms with E-state index in [4.69, 9.17) is 9.84 Å². The molecule has 1 aliphatic rings. The lowest BCUT2D eigenvalue weighted by atomic mass is 10.0. The highest BCUT2D eigenvalue weighted by molar-refractivity contribution is 5.70. The number of carbonyl (C=O) groups is 1. The standard InChI is InChI=1S/C13H18N2O3/c1-8-11(6-12(16)17)9(2)15-13(14-8)10-4-3-5-18-7-10/h10H,3-7H2,1-2H3,(H,16,17). The average Bonchev–Trinajstić information content (AvgIpc) is 2.34. The Bertz CT molecular complexity index is 431. The van der Waals surface area contributed by atoms with Crippen LogP contribution < -0.4 is 0 Å². The Labute approximate surface area is 106 Å². The van der Waals surface area contributed by atoms with Crippen molar-refractivity contribution >= 4 is 5.97 Å². The molecule has 0 spiro atoms. The van der Waals surface area contributed by atoms with Crippen LogP contribution >= 0.6 is 0 Å². The lowest BCUT2D eigenvalue weighted by Crippen LogP contribution is -2.19. The number of rotatable bonds is 3. The number of aromatic nitrogens is 2. The van der Waals surface area contributed by atoms with Gasteiger partial charge in [-0.2, -0.15) is 0 Å². The minimum Gasteiger partial charge on any atom is -0.481 e. The van der Waals surface area contributed by atoms with Crippen LogP contribution in [0, 0.1) is 13.8 Å². The minimum absolute atomic E-state index is 0.0148. The molecule has 1 fully saturated rings. The number of hydrogen-bond acceptors (Lipinski definition) is 4. The van der Waals surface area contributed by atoms with Crippen molar-refractivity contribution in [1.82, 2.24) is 9.97 Å². The highest BCUT2D eigenvalue weighted by Gasteiger charge is 2.21. The monoisotopic (exact) mass is 250 g/mol.